The first-order valence-corrected chi connectivity index (χ1v) is 8.82. The molecule has 0 aliphatic rings. The minimum absolute atomic E-state index is 0.0591. The molecule has 0 aliphatic carbocycles. The monoisotopic (exact) mass is 436 g/mol. The van der Waals surface area contributed by atoms with E-state index in [9.17, 15) is 22.8 Å². The first-order valence-electron chi connectivity index (χ1n) is 8.06. The number of hydrogen-bond donors (Lipinski definition) is 1. The van der Waals surface area contributed by atoms with Gasteiger partial charge in [-0.15, -0.1) is 0 Å². The van der Waals surface area contributed by atoms with Crippen LogP contribution in [0, 0.1) is 0 Å². The molecule has 152 valence electrons. The smallest absolute Gasteiger partial charge is 0.340 e. The molecule has 1 unspecified atom stereocenters. The van der Waals surface area contributed by atoms with Crippen molar-refractivity contribution < 1.29 is 22.8 Å². The zero-order valence-corrected chi connectivity index (χ0v) is 16.4. The number of likely N-dealkylation sites (N-methyl/N-ethyl adjacent to an activating group) is 1. The molecule has 1 heterocycles. The number of carbonyl (C=O) groups excluding carboxylic acids is 2. The third-order valence-corrected chi connectivity index (χ3v) is 4.64. The normalized spacial score (nSPS) is 12.5. The second-order valence-electron chi connectivity index (χ2n) is 6.08. The van der Waals surface area contributed by atoms with Gasteiger partial charge < -0.3 is 14.8 Å². The number of imidazole rings is 1. The number of benzene rings is 1. The lowest BCUT2D eigenvalue weighted by molar-refractivity contribution is -0.141. The minimum atomic E-state index is -4.41. The largest absolute Gasteiger partial charge is 0.406 e. The number of aromatic nitrogens is 2. The van der Waals surface area contributed by atoms with E-state index in [4.69, 9.17) is 23.2 Å². The van der Waals surface area contributed by atoms with Gasteiger partial charge in [-0.05, 0) is 19.1 Å². The van der Waals surface area contributed by atoms with E-state index in [1.54, 1.807) is 6.07 Å². The second kappa shape index (κ2) is 8.83. The van der Waals surface area contributed by atoms with Crippen molar-refractivity contribution in [2.24, 2.45) is 0 Å². The summed E-state index contributed by atoms with van der Waals surface area (Å²) in [6, 6.07) is 3.57. The molecule has 2 rings (SSSR count). The maximum atomic E-state index is 12.6. The molecule has 1 atom stereocenters. The Morgan fingerprint density at radius 1 is 1.32 bits per heavy atom. The van der Waals surface area contributed by atoms with Gasteiger partial charge in [0, 0.05) is 19.4 Å². The van der Waals surface area contributed by atoms with Crippen LogP contribution < -0.4 is 5.32 Å². The Bertz CT molecular complexity index is 870. The number of carbonyl (C=O) groups is 2. The molecular weight excluding hydrogens is 420 g/mol. The van der Waals surface area contributed by atoms with E-state index in [-0.39, 0.29) is 28.0 Å². The Labute approximate surface area is 169 Å². The summed E-state index contributed by atoms with van der Waals surface area (Å²) in [4.78, 5) is 29.8. The van der Waals surface area contributed by atoms with Gasteiger partial charge in [0.2, 0.25) is 5.91 Å². The Morgan fingerprint density at radius 3 is 2.64 bits per heavy atom. The first-order chi connectivity index (χ1) is 13.0. The lowest BCUT2D eigenvalue weighted by Crippen LogP contribution is -2.45. The van der Waals surface area contributed by atoms with E-state index in [2.05, 4.69) is 10.3 Å². The SMILES string of the molecule is CC(NC(=O)c1cccc(Cl)c1Cl)C(=O)N(C)Cc1nccn1CC(F)(F)F. The lowest BCUT2D eigenvalue weighted by atomic mass is 10.2. The molecule has 2 aromatic rings. The summed E-state index contributed by atoms with van der Waals surface area (Å²) in [5.41, 5.74) is 0.109. The van der Waals surface area contributed by atoms with Gasteiger partial charge >= 0.3 is 6.18 Å². The number of amides is 2. The van der Waals surface area contributed by atoms with Gasteiger partial charge in [-0.1, -0.05) is 29.3 Å². The zero-order chi connectivity index (χ0) is 21.1. The molecule has 1 aromatic carbocycles. The quantitative estimate of drug-likeness (QED) is 0.752. The van der Waals surface area contributed by atoms with E-state index < -0.39 is 30.6 Å². The molecule has 1 N–H and O–H groups in total. The van der Waals surface area contributed by atoms with Gasteiger partial charge in [-0.2, -0.15) is 13.2 Å². The standard InChI is InChI=1S/C17H17Cl2F3N4O2/c1-10(24-15(27)11-4-3-5-12(18)14(11)19)16(28)25(2)8-13-23-6-7-26(13)9-17(20,21)22/h3-7,10H,8-9H2,1-2H3,(H,24,27). The highest BCUT2D eigenvalue weighted by Gasteiger charge is 2.29. The summed E-state index contributed by atoms with van der Waals surface area (Å²) in [5, 5.41) is 2.75. The maximum Gasteiger partial charge on any atom is 0.406 e. The zero-order valence-electron chi connectivity index (χ0n) is 14.9. The average Bonchev–Trinajstić information content (AvgIpc) is 3.01. The van der Waals surface area contributed by atoms with Crippen LogP contribution in [0.15, 0.2) is 30.6 Å². The van der Waals surface area contributed by atoms with Crippen molar-refractivity contribution in [1.82, 2.24) is 19.8 Å². The topological polar surface area (TPSA) is 67.2 Å². The summed E-state index contributed by atoms with van der Waals surface area (Å²) < 4.78 is 38.7. The fourth-order valence-corrected chi connectivity index (χ4v) is 2.85. The summed E-state index contributed by atoms with van der Waals surface area (Å²) in [7, 11) is 1.41. The number of alkyl halides is 3. The third kappa shape index (κ3) is 5.62. The van der Waals surface area contributed by atoms with Crippen molar-refractivity contribution in [3.05, 3.63) is 52.0 Å². The molecule has 1 aromatic heterocycles. The van der Waals surface area contributed by atoms with Crippen molar-refractivity contribution in [3.63, 3.8) is 0 Å². The minimum Gasteiger partial charge on any atom is -0.340 e. The van der Waals surface area contributed by atoms with Crippen LogP contribution in [0.5, 0.6) is 0 Å². The highest BCUT2D eigenvalue weighted by molar-refractivity contribution is 6.43. The Morgan fingerprint density at radius 2 is 2.00 bits per heavy atom. The number of nitrogens with one attached hydrogen (secondary N) is 1. The van der Waals surface area contributed by atoms with Crippen molar-refractivity contribution in [1.29, 1.82) is 0 Å². The molecule has 0 spiro atoms. The van der Waals surface area contributed by atoms with Gasteiger partial charge in [0.1, 0.15) is 18.4 Å². The number of rotatable bonds is 6. The van der Waals surface area contributed by atoms with E-state index in [1.165, 1.54) is 43.4 Å². The van der Waals surface area contributed by atoms with Crippen LogP contribution in [0.25, 0.3) is 0 Å². The molecule has 0 saturated carbocycles. The molecule has 0 saturated heterocycles. The first kappa shape index (κ1) is 22.0. The van der Waals surface area contributed by atoms with Gasteiger partial charge in [-0.3, -0.25) is 9.59 Å². The van der Waals surface area contributed by atoms with Crippen LogP contribution in [0.1, 0.15) is 23.1 Å². The fourth-order valence-electron chi connectivity index (χ4n) is 2.46. The molecule has 2 amide bonds. The van der Waals surface area contributed by atoms with E-state index in [0.717, 1.165) is 4.57 Å². The number of nitrogens with zero attached hydrogens (tertiary/aromatic N) is 3. The molecule has 11 heteroatoms. The van der Waals surface area contributed by atoms with Crippen LogP contribution in [0.2, 0.25) is 10.0 Å². The van der Waals surface area contributed by atoms with Crippen molar-refractivity contribution >= 4 is 35.0 Å². The van der Waals surface area contributed by atoms with Crippen molar-refractivity contribution in [2.45, 2.75) is 32.2 Å². The maximum absolute atomic E-state index is 12.6. The summed E-state index contributed by atoms with van der Waals surface area (Å²) in [6.07, 6.45) is -1.99. The molecule has 6 nitrogen and oxygen atoms in total. The molecule has 0 fully saturated rings. The molecule has 0 aliphatic heterocycles. The van der Waals surface area contributed by atoms with Gasteiger partial charge in [0.05, 0.1) is 22.2 Å². The van der Waals surface area contributed by atoms with E-state index in [0.29, 0.717) is 0 Å². The van der Waals surface area contributed by atoms with E-state index in [1.807, 2.05) is 0 Å². The molecule has 28 heavy (non-hydrogen) atoms. The van der Waals surface area contributed by atoms with Crippen LogP contribution in [-0.4, -0.2) is 45.5 Å². The highest BCUT2D eigenvalue weighted by Crippen LogP contribution is 2.25. The van der Waals surface area contributed by atoms with Crippen LogP contribution in [-0.2, 0) is 17.9 Å². The van der Waals surface area contributed by atoms with Gasteiger partial charge in [0.15, 0.2) is 0 Å². The number of halogens is 5. The molecule has 0 radical (unpaired) electrons. The Hall–Kier alpha value is -2.26. The Kier molecular flexibility index (Phi) is 6.95. The summed E-state index contributed by atoms with van der Waals surface area (Å²) in [5.74, 6) is -1.03. The van der Waals surface area contributed by atoms with Crippen molar-refractivity contribution in [2.75, 3.05) is 7.05 Å². The fraction of sp³-hybridized carbons (Fsp3) is 0.353. The molecular formula is C17H17Cl2F3N4O2. The third-order valence-electron chi connectivity index (χ3n) is 3.82. The average molecular weight is 437 g/mol. The van der Waals surface area contributed by atoms with Crippen molar-refractivity contribution in [3.8, 4) is 0 Å². The van der Waals surface area contributed by atoms with Crippen LogP contribution >= 0.6 is 23.2 Å². The lowest BCUT2D eigenvalue weighted by Gasteiger charge is -2.22. The van der Waals surface area contributed by atoms with E-state index >= 15 is 0 Å². The van der Waals surface area contributed by atoms with Crippen LogP contribution in [0.4, 0.5) is 13.2 Å². The van der Waals surface area contributed by atoms with Crippen LogP contribution in [0.3, 0.4) is 0 Å². The summed E-state index contributed by atoms with van der Waals surface area (Å²) >= 11 is 11.9. The number of hydrogen-bond acceptors (Lipinski definition) is 3. The predicted octanol–water partition coefficient (Wildman–Crippen LogP) is 3.53. The highest BCUT2D eigenvalue weighted by atomic mass is 35.5. The van der Waals surface area contributed by atoms with Gasteiger partial charge in [-0.25, -0.2) is 4.98 Å². The second-order valence-corrected chi connectivity index (χ2v) is 6.86. The van der Waals surface area contributed by atoms with Gasteiger partial charge in [0.25, 0.3) is 5.91 Å². The predicted molar refractivity (Wildman–Crippen MR) is 98.1 cm³/mol. The summed E-state index contributed by atoms with van der Waals surface area (Å²) in [6.45, 7) is 0.0986. The Balaban J connectivity index is 2.02. The molecule has 0 bridgehead atoms.